The van der Waals surface area contributed by atoms with Crippen LogP contribution in [0.5, 0.6) is 17.2 Å². The lowest BCUT2D eigenvalue weighted by molar-refractivity contribution is 0.0658. The van der Waals surface area contributed by atoms with Gasteiger partial charge in [-0.3, -0.25) is 14.5 Å². The first-order chi connectivity index (χ1) is 24.8. The van der Waals surface area contributed by atoms with Gasteiger partial charge >= 0.3 is 0 Å². The highest BCUT2D eigenvalue weighted by atomic mass is 16.7. The lowest BCUT2D eigenvalue weighted by atomic mass is 9.93. The Bertz CT molecular complexity index is 2350. The molecule has 9 nitrogen and oxygen atoms in total. The van der Waals surface area contributed by atoms with E-state index in [0.29, 0.717) is 34.9 Å². The fourth-order valence-corrected chi connectivity index (χ4v) is 8.03. The molecule has 1 N–H and O–H groups in total. The van der Waals surface area contributed by atoms with E-state index in [1.165, 1.54) is 5.56 Å². The SMILES string of the molecule is C[C@@H]1Cc2ccccc2CN1C(=O)c1cc2c(cc1-c1cc(C(=O)N(c3ccc(O)cc3)c3ccc4c(ccn4C)c3)c3n1CCCC3)OCO2. The first-order valence-electron chi connectivity index (χ1n) is 17.6. The highest BCUT2D eigenvalue weighted by Crippen LogP contribution is 2.43. The second-order valence-corrected chi connectivity index (χ2v) is 13.8. The topological polar surface area (TPSA) is 89.2 Å². The Morgan fingerprint density at radius 1 is 0.843 bits per heavy atom. The number of carbonyl (C=O) groups is 2. The number of rotatable bonds is 5. The molecule has 5 heterocycles. The highest BCUT2D eigenvalue weighted by Gasteiger charge is 2.34. The Morgan fingerprint density at radius 2 is 1.61 bits per heavy atom. The van der Waals surface area contributed by atoms with Gasteiger partial charge in [0.05, 0.1) is 11.1 Å². The molecule has 2 aromatic heterocycles. The zero-order valence-electron chi connectivity index (χ0n) is 28.6. The Hall–Kier alpha value is -5.96. The minimum absolute atomic E-state index is 0.00450. The summed E-state index contributed by atoms with van der Waals surface area (Å²) in [7, 11) is 2.00. The molecule has 0 bridgehead atoms. The summed E-state index contributed by atoms with van der Waals surface area (Å²) in [4.78, 5) is 33.4. The second-order valence-electron chi connectivity index (χ2n) is 13.8. The molecule has 51 heavy (non-hydrogen) atoms. The van der Waals surface area contributed by atoms with Crippen molar-refractivity contribution in [1.29, 1.82) is 0 Å². The normalized spacial score (nSPS) is 16.2. The van der Waals surface area contributed by atoms with E-state index in [0.717, 1.165) is 71.3 Å². The number of aromatic nitrogens is 2. The summed E-state index contributed by atoms with van der Waals surface area (Å²) in [5.41, 5.74) is 8.44. The summed E-state index contributed by atoms with van der Waals surface area (Å²) in [6.07, 6.45) is 5.43. The molecule has 9 rings (SSSR count). The van der Waals surface area contributed by atoms with Gasteiger partial charge in [-0.15, -0.1) is 0 Å². The number of phenolic OH excluding ortho intramolecular Hbond substituents is 1. The van der Waals surface area contributed by atoms with Gasteiger partial charge in [0, 0.05) is 71.6 Å². The number of aromatic hydroxyl groups is 1. The van der Waals surface area contributed by atoms with Crippen LogP contribution in [-0.2, 0) is 33.0 Å². The third kappa shape index (κ3) is 5.23. The predicted octanol–water partition coefficient (Wildman–Crippen LogP) is 7.98. The predicted molar refractivity (Wildman–Crippen MR) is 196 cm³/mol. The van der Waals surface area contributed by atoms with Crippen LogP contribution in [0.2, 0.25) is 0 Å². The van der Waals surface area contributed by atoms with Crippen molar-refractivity contribution in [2.45, 2.75) is 51.7 Å². The molecule has 1 atom stereocenters. The van der Waals surface area contributed by atoms with E-state index in [9.17, 15) is 9.90 Å². The molecule has 256 valence electrons. The van der Waals surface area contributed by atoms with Crippen LogP contribution in [0.3, 0.4) is 0 Å². The number of anilines is 2. The van der Waals surface area contributed by atoms with Crippen molar-refractivity contribution in [2.75, 3.05) is 11.7 Å². The van der Waals surface area contributed by atoms with Crippen LogP contribution in [-0.4, -0.2) is 43.8 Å². The maximum absolute atomic E-state index is 15.0. The van der Waals surface area contributed by atoms with Crippen LogP contribution in [0.1, 0.15) is 57.3 Å². The summed E-state index contributed by atoms with van der Waals surface area (Å²) in [6, 6.07) is 28.8. The number of carbonyl (C=O) groups excluding carboxylic acids is 2. The molecule has 0 fully saturated rings. The van der Waals surface area contributed by atoms with Crippen LogP contribution >= 0.6 is 0 Å². The molecule has 6 aromatic rings. The van der Waals surface area contributed by atoms with E-state index < -0.39 is 0 Å². The molecule has 0 radical (unpaired) electrons. The van der Waals surface area contributed by atoms with E-state index >= 15 is 4.79 Å². The van der Waals surface area contributed by atoms with Crippen molar-refractivity contribution >= 4 is 34.1 Å². The van der Waals surface area contributed by atoms with Crippen molar-refractivity contribution in [1.82, 2.24) is 14.0 Å². The van der Waals surface area contributed by atoms with Gasteiger partial charge in [-0.2, -0.15) is 0 Å². The largest absolute Gasteiger partial charge is 0.508 e. The average molecular weight is 679 g/mol. The number of phenols is 1. The first kappa shape index (κ1) is 31.1. The minimum atomic E-state index is -0.178. The van der Waals surface area contributed by atoms with E-state index in [2.05, 4.69) is 34.3 Å². The number of ether oxygens (including phenoxy) is 2. The molecule has 0 saturated carbocycles. The first-order valence-corrected chi connectivity index (χ1v) is 17.6. The quantitative estimate of drug-likeness (QED) is 0.200. The van der Waals surface area contributed by atoms with Crippen molar-refractivity contribution in [3.05, 3.63) is 125 Å². The summed E-state index contributed by atoms with van der Waals surface area (Å²) < 4.78 is 15.9. The van der Waals surface area contributed by atoms with Crippen LogP contribution in [0.15, 0.2) is 97.2 Å². The van der Waals surface area contributed by atoms with E-state index in [1.54, 1.807) is 29.2 Å². The molecule has 0 aliphatic carbocycles. The Morgan fingerprint density at radius 3 is 2.43 bits per heavy atom. The Kier molecular flexibility index (Phi) is 7.38. The maximum atomic E-state index is 15.0. The monoisotopic (exact) mass is 678 g/mol. The molecular formula is C42H38N4O5. The van der Waals surface area contributed by atoms with E-state index in [-0.39, 0.29) is 30.4 Å². The number of amides is 2. The number of nitrogens with zero attached hydrogens (tertiary/aromatic N) is 4. The number of hydrogen-bond donors (Lipinski definition) is 1. The third-order valence-corrected chi connectivity index (χ3v) is 10.7. The Labute approximate surface area is 295 Å². The maximum Gasteiger partial charge on any atom is 0.264 e. The fourth-order valence-electron chi connectivity index (χ4n) is 8.03. The summed E-state index contributed by atoms with van der Waals surface area (Å²) >= 11 is 0. The van der Waals surface area contributed by atoms with Crippen LogP contribution in [0, 0.1) is 0 Å². The van der Waals surface area contributed by atoms with Gasteiger partial charge in [-0.1, -0.05) is 24.3 Å². The van der Waals surface area contributed by atoms with E-state index in [1.807, 2.05) is 66.7 Å². The molecule has 0 spiro atoms. The van der Waals surface area contributed by atoms with E-state index in [4.69, 9.17) is 9.47 Å². The summed E-state index contributed by atoms with van der Waals surface area (Å²) in [5, 5.41) is 11.2. The molecule has 4 aromatic carbocycles. The number of fused-ring (bicyclic) bond motifs is 4. The minimum Gasteiger partial charge on any atom is -0.508 e. The van der Waals surface area contributed by atoms with Gasteiger partial charge in [-0.05, 0) is 110 Å². The van der Waals surface area contributed by atoms with Gasteiger partial charge in [0.15, 0.2) is 11.5 Å². The van der Waals surface area contributed by atoms with Crippen LogP contribution in [0.4, 0.5) is 11.4 Å². The lowest BCUT2D eigenvalue weighted by Gasteiger charge is -2.35. The van der Waals surface area contributed by atoms with Gasteiger partial charge in [0.25, 0.3) is 11.8 Å². The molecule has 3 aliphatic heterocycles. The summed E-state index contributed by atoms with van der Waals surface area (Å²) in [5.74, 6) is 0.997. The summed E-state index contributed by atoms with van der Waals surface area (Å²) in [6.45, 7) is 3.43. The lowest BCUT2D eigenvalue weighted by Crippen LogP contribution is -2.42. The van der Waals surface area contributed by atoms with Gasteiger partial charge in [-0.25, -0.2) is 0 Å². The zero-order chi connectivity index (χ0) is 34.8. The number of benzene rings is 4. The van der Waals surface area contributed by atoms with Crippen molar-refractivity contribution < 1.29 is 24.2 Å². The molecule has 0 saturated heterocycles. The number of aryl methyl sites for hydroxylation is 1. The van der Waals surface area contributed by atoms with Gasteiger partial charge in [0.2, 0.25) is 6.79 Å². The van der Waals surface area contributed by atoms with Gasteiger partial charge < -0.3 is 28.6 Å². The average Bonchev–Trinajstić information content (AvgIpc) is 3.88. The highest BCUT2D eigenvalue weighted by molar-refractivity contribution is 6.13. The smallest absolute Gasteiger partial charge is 0.264 e. The molecule has 0 unspecified atom stereocenters. The van der Waals surface area contributed by atoms with Crippen LogP contribution in [0.25, 0.3) is 22.2 Å². The molecule has 3 aliphatic rings. The second kappa shape index (κ2) is 12.1. The number of hydrogen-bond acceptors (Lipinski definition) is 5. The van der Waals surface area contributed by atoms with Crippen molar-refractivity contribution in [3.63, 3.8) is 0 Å². The van der Waals surface area contributed by atoms with Crippen LogP contribution < -0.4 is 14.4 Å². The van der Waals surface area contributed by atoms with Crippen molar-refractivity contribution in [2.24, 2.45) is 7.05 Å². The third-order valence-electron chi connectivity index (χ3n) is 10.7. The molecular weight excluding hydrogens is 640 g/mol. The van der Waals surface area contributed by atoms with Gasteiger partial charge in [0.1, 0.15) is 5.75 Å². The fraction of sp³-hybridized carbons (Fsp3) is 0.238. The van der Waals surface area contributed by atoms with Crippen molar-refractivity contribution in [3.8, 4) is 28.5 Å². The standard InChI is InChI=1S/C42H38N4O5/c1-26-19-27-7-3-4-8-29(27)24-45(26)41(48)34-23-40-39(50-25-51-40)22-33(34)38-21-35(37-9-5-6-17-44(37)38)42(49)46(30-10-13-32(47)14-11-30)31-12-15-36-28(20-31)16-18-43(36)2/h3-4,7-8,10-16,18,20-23,26,47H,5-6,9,17,19,24-25H2,1-2H3/t26-/m1/s1. The molecule has 2 amide bonds. The zero-order valence-corrected chi connectivity index (χ0v) is 28.6. The molecule has 9 heteroatoms. The Balaban J connectivity index is 1.18.